The third-order valence-corrected chi connectivity index (χ3v) is 9.42. The summed E-state index contributed by atoms with van der Waals surface area (Å²) >= 11 is 1.19. The van der Waals surface area contributed by atoms with Gasteiger partial charge in [0, 0.05) is 55.5 Å². The van der Waals surface area contributed by atoms with Crippen molar-refractivity contribution >= 4 is 33.3 Å². The molecule has 14 heteroatoms. The Hall–Kier alpha value is -4.89. The number of fused-ring (bicyclic) bond motifs is 1. The number of rotatable bonds is 14. The van der Waals surface area contributed by atoms with Crippen LogP contribution in [0.4, 0.5) is 19.3 Å². The molecular weight excluding hydrogens is 668 g/mol. The maximum Gasteiger partial charge on any atom is 0.337 e. The minimum absolute atomic E-state index is 0.145. The Balaban J connectivity index is 1.82. The van der Waals surface area contributed by atoms with Crippen molar-refractivity contribution in [2.75, 3.05) is 53.4 Å². The second-order valence-electron chi connectivity index (χ2n) is 11.5. The van der Waals surface area contributed by atoms with E-state index in [4.69, 9.17) is 14.2 Å². The van der Waals surface area contributed by atoms with E-state index < -0.39 is 29.4 Å². The third kappa shape index (κ3) is 7.63. The van der Waals surface area contributed by atoms with Crippen molar-refractivity contribution in [1.29, 1.82) is 0 Å². The van der Waals surface area contributed by atoms with Crippen LogP contribution in [-0.4, -0.2) is 68.1 Å². The number of hydrogen-bond donors (Lipinski definition) is 2. The maximum absolute atomic E-state index is 15.1. The summed E-state index contributed by atoms with van der Waals surface area (Å²) in [5, 5.41) is 5.69. The van der Waals surface area contributed by atoms with Crippen LogP contribution >= 0.6 is 11.3 Å². The zero-order valence-corrected chi connectivity index (χ0v) is 29.3. The molecule has 50 heavy (non-hydrogen) atoms. The number of carbonyl (C=O) groups excluding carboxylic acids is 1. The highest BCUT2D eigenvalue weighted by Gasteiger charge is 2.26. The summed E-state index contributed by atoms with van der Waals surface area (Å²) in [6, 6.07) is 15.1. The first-order valence-corrected chi connectivity index (χ1v) is 16.7. The van der Waals surface area contributed by atoms with Crippen LogP contribution in [0.2, 0.25) is 0 Å². The molecule has 0 unspecified atom stereocenters. The highest BCUT2D eigenvalue weighted by molar-refractivity contribution is 7.22. The lowest BCUT2D eigenvalue weighted by Gasteiger charge is -2.18. The smallest absolute Gasteiger partial charge is 0.337 e. The molecule has 0 radical (unpaired) electrons. The number of likely N-dealkylation sites (N-methyl/N-ethyl adjacent to an activating group) is 1. The minimum atomic E-state index is -0.818. The third-order valence-electron chi connectivity index (χ3n) is 8.12. The Morgan fingerprint density at radius 2 is 1.68 bits per heavy atom. The lowest BCUT2D eigenvalue weighted by Crippen LogP contribution is -2.39. The molecule has 0 fully saturated rings. The number of carbonyl (C=O) groups is 1. The van der Waals surface area contributed by atoms with Gasteiger partial charge in [-0.15, -0.1) is 11.3 Å². The zero-order chi connectivity index (χ0) is 35.9. The SMILES string of the molecule is CCNC(=O)Nc1ccc(-c2sc3c(c2CN(C)CCOC)c(=O)n(-c2ccc(OC)c(COC)c2)c(=O)n3Cc2c(F)cccc2F)cc1. The summed E-state index contributed by atoms with van der Waals surface area (Å²) in [4.78, 5) is 44.1. The zero-order valence-electron chi connectivity index (χ0n) is 28.5. The molecule has 0 spiro atoms. The van der Waals surface area contributed by atoms with Gasteiger partial charge in [-0.25, -0.2) is 22.9 Å². The van der Waals surface area contributed by atoms with E-state index >= 15 is 8.78 Å². The summed E-state index contributed by atoms with van der Waals surface area (Å²) in [5.41, 5.74) is 1.06. The second-order valence-corrected chi connectivity index (χ2v) is 12.5. The Morgan fingerprint density at radius 3 is 2.32 bits per heavy atom. The fraction of sp³-hybridized carbons (Fsp3) is 0.306. The van der Waals surface area contributed by atoms with E-state index in [-0.39, 0.29) is 40.7 Å². The monoisotopic (exact) mass is 707 g/mol. The molecule has 0 aliphatic rings. The van der Waals surface area contributed by atoms with Crippen LogP contribution in [0.5, 0.6) is 5.75 Å². The number of nitrogens with one attached hydrogen (secondary N) is 2. The van der Waals surface area contributed by atoms with Gasteiger partial charge >= 0.3 is 11.7 Å². The van der Waals surface area contributed by atoms with Gasteiger partial charge in [0.1, 0.15) is 22.2 Å². The van der Waals surface area contributed by atoms with Gasteiger partial charge in [0.05, 0.1) is 37.9 Å². The molecule has 0 atom stereocenters. The minimum Gasteiger partial charge on any atom is -0.496 e. The van der Waals surface area contributed by atoms with Crippen molar-refractivity contribution in [3.8, 4) is 21.9 Å². The summed E-state index contributed by atoms with van der Waals surface area (Å²) in [6.45, 7) is 3.22. The van der Waals surface area contributed by atoms with E-state index in [1.165, 1.54) is 36.2 Å². The van der Waals surface area contributed by atoms with Gasteiger partial charge in [0.25, 0.3) is 5.56 Å². The van der Waals surface area contributed by atoms with Crippen molar-refractivity contribution in [2.24, 2.45) is 0 Å². The first kappa shape index (κ1) is 36.4. The van der Waals surface area contributed by atoms with Crippen LogP contribution < -0.4 is 26.6 Å². The van der Waals surface area contributed by atoms with Gasteiger partial charge in [0.2, 0.25) is 0 Å². The molecule has 3 aromatic carbocycles. The Kier molecular flexibility index (Phi) is 11.8. The van der Waals surface area contributed by atoms with Gasteiger partial charge < -0.3 is 24.8 Å². The number of methoxy groups -OCH3 is 3. The molecule has 2 amide bonds. The van der Waals surface area contributed by atoms with Gasteiger partial charge in [-0.05, 0) is 67.6 Å². The number of hydrogen-bond acceptors (Lipinski definition) is 8. The molecule has 0 aliphatic carbocycles. The van der Waals surface area contributed by atoms with Gasteiger partial charge in [-0.1, -0.05) is 18.2 Å². The Morgan fingerprint density at radius 1 is 0.960 bits per heavy atom. The van der Waals surface area contributed by atoms with Crippen molar-refractivity contribution < 1.29 is 27.8 Å². The summed E-state index contributed by atoms with van der Waals surface area (Å²) in [6.07, 6.45) is 0. The summed E-state index contributed by atoms with van der Waals surface area (Å²) in [7, 11) is 6.50. The lowest BCUT2D eigenvalue weighted by molar-refractivity contribution is 0.159. The van der Waals surface area contributed by atoms with Crippen LogP contribution in [0, 0.1) is 11.6 Å². The molecule has 11 nitrogen and oxygen atoms in total. The molecular formula is C36H39F2N5O6S. The first-order chi connectivity index (χ1) is 24.1. The number of aromatic nitrogens is 2. The second kappa shape index (κ2) is 16.2. The fourth-order valence-electron chi connectivity index (χ4n) is 5.67. The Bertz CT molecular complexity index is 2090. The van der Waals surface area contributed by atoms with Crippen LogP contribution in [0.3, 0.4) is 0 Å². The van der Waals surface area contributed by atoms with Crippen molar-refractivity contribution in [1.82, 2.24) is 19.4 Å². The van der Waals surface area contributed by atoms with E-state index in [0.717, 1.165) is 22.3 Å². The molecule has 5 rings (SSSR count). The molecule has 0 saturated carbocycles. The number of anilines is 1. The van der Waals surface area contributed by atoms with E-state index in [9.17, 15) is 14.4 Å². The van der Waals surface area contributed by atoms with Gasteiger partial charge in [-0.2, -0.15) is 0 Å². The molecule has 264 valence electrons. The normalized spacial score (nSPS) is 11.4. The van der Waals surface area contributed by atoms with Crippen LogP contribution in [0.25, 0.3) is 26.3 Å². The van der Waals surface area contributed by atoms with Gasteiger partial charge in [0.15, 0.2) is 0 Å². The quantitative estimate of drug-likeness (QED) is 0.155. The van der Waals surface area contributed by atoms with E-state index in [0.29, 0.717) is 47.1 Å². The average Bonchev–Trinajstić information content (AvgIpc) is 3.46. The standard InChI is InChI=1S/C36H39F2N5O6S/c1-6-39-35(45)40-24-12-10-22(11-13-24)32-27(19-41(2)16-17-47-3)31-33(44)43(25-14-15-30(49-5)23(18-25)21-48-4)36(46)42(34(31)50-32)20-26-28(37)8-7-9-29(26)38/h7-15,18H,6,16-17,19-21H2,1-5H3,(H2,39,40,45). The number of nitrogens with zero attached hydrogens (tertiary/aromatic N) is 3. The highest BCUT2D eigenvalue weighted by atomic mass is 32.1. The Labute approximate surface area is 291 Å². The van der Waals surface area contributed by atoms with Gasteiger partial charge in [-0.3, -0.25) is 14.3 Å². The molecule has 2 heterocycles. The van der Waals surface area contributed by atoms with Crippen LogP contribution in [-0.2, 0) is 29.2 Å². The van der Waals surface area contributed by atoms with Crippen molar-refractivity contribution in [2.45, 2.75) is 26.6 Å². The topological polar surface area (TPSA) is 116 Å². The number of halogens is 2. The first-order valence-electron chi connectivity index (χ1n) is 15.8. The summed E-state index contributed by atoms with van der Waals surface area (Å²) in [5.74, 6) is -1.14. The van der Waals surface area contributed by atoms with Crippen LogP contribution in [0.1, 0.15) is 23.6 Å². The number of thiophene rings is 1. The molecule has 0 saturated heterocycles. The predicted octanol–water partition coefficient (Wildman–Crippen LogP) is 5.58. The van der Waals surface area contributed by atoms with E-state index in [2.05, 4.69) is 10.6 Å². The number of amides is 2. The lowest BCUT2D eigenvalue weighted by atomic mass is 10.1. The molecule has 2 aromatic heterocycles. The number of benzene rings is 3. The van der Waals surface area contributed by atoms with Crippen molar-refractivity contribution in [3.63, 3.8) is 0 Å². The van der Waals surface area contributed by atoms with Crippen LogP contribution in [0.15, 0.2) is 70.3 Å². The average molecular weight is 708 g/mol. The van der Waals surface area contributed by atoms with E-state index in [1.807, 2.05) is 31.0 Å². The molecule has 2 N–H and O–H groups in total. The molecule has 5 aromatic rings. The predicted molar refractivity (Wildman–Crippen MR) is 191 cm³/mol. The fourth-order valence-corrected chi connectivity index (χ4v) is 6.97. The number of ether oxygens (including phenoxy) is 3. The summed E-state index contributed by atoms with van der Waals surface area (Å²) < 4.78 is 48.6. The molecule has 0 aliphatic heterocycles. The maximum atomic E-state index is 15.1. The number of urea groups is 1. The largest absolute Gasteiger partial charge is 0.496 e. The van der Waals surface area contributed by atoms with Crippen molar-refractivity contribution in [3.05, 3.63) is 110 Å². The molecule has 0 bridgehead atoms. The highest BCUT2D eigenvalue weighted by Crippen LogP contribution is 2.38. The van der Waals surface area contributed by atoms with E-state index in [1.54, 1.807) is 37.4 Å².